The van der Waals surface area contributed by atoms with Crippen LogP contribution < -0.4 is 5.32 Å². The second-order valence-corrected chi connectivity index (χ2v) is 4.84. The number of halogens is 3. The Balaban J connectivity index is 0.000000774. The van der Waals surface area contributed by atoms with E-state index in [2.05, 4.69) is 25.5 Å². The summed E-state index contributed by atoms with van der Waals surface area (Å²) >= 11 is 5.66. The van der Waals surface area contributed by atoms with Crippen LogP contribution in [0, 0.1) is 0 Å². The van der Waals surface area contributed by atoms with Gasteiger partial charge in [-0.05, 0) is 17.7 Å². The number of anilines is 2. The first-order valence-electron chi connectivity index (χ1n) is 6.70. The molecule has 0 saturated heterocycles. The lowest BCUT2D eigenvalue weighted by molar-refractivity contribution is -0.0876. The van der Waals surface area contributed by atoms with Gasteiger partial charge in [0.1, 0.15) is 5.82 Å². The van der Waals surface area contributed by atoms with Crippen molar-refractivity contribution >= 4 is 23.2 Å². The topological polar surface area (TPSA) is 66.5 Å². The maximum absolute atomic E-state index is 12.8. The fraction of sp³-hybridized carbons (Fsp3) is 0.462. The average Bonchev–Trinajstić information content (AvgIpc) is 2.86. The number of aromatic nitrogens is 4. The molecule has 0 atom stereocenters. The quantitative estimate of drug-likeness (QED) is 0.836. The van der Waals surface area contributed by atoms with Gasteiger partial charge < -0.3 is 5.32 Å². The standard InChI is InChI=1S/C11H10ClF2N5.C2H6/c12-10-15-2-1-8(17-10)16-9-3-7(18-19-9)6-4-11(13,14)5-6;1-2/h1-3,6H,4-5H2,(H2,15,16,17,18,19);1-2H3. The number of nitrogens with zero attached hydrogens (tertiary/aromatic N) is 3. The minimum Gasteiger partial charge on any atom is -0.323 e. The van der Waals surface area contributed by atoms with E-state index in [1.165, 1.54) is 6.20 Å². The first-order chi connectivity index (χ1) is 10.0. The van der Waals surface area contributed by atoms with Crippen molar-refractivity contribution in [2.75, 3.05) is 5.32 Å². The summed E-state index contributed by atoms with van der Waals surface area (Å²) in [5.41, 5.74) is 0.702. The Labute approximate surface area is 126 Å². The number of alkyl halides is 2. The van der Waals surface area contributed by atoms with E-state index in [0.29, 0.717) is 17.3 Å². The predicted octanol–water partition coefficient (Wildman–Crippen LogP) is 4.14. The van der Waals surface area contributed by atoms with E-state index in [1.807, 2.05) is 13.8 Å². The molecular weight excluding hydrogens is 300 g/mol. The average molecular weight is 316 g/mol. The first-order valence-corrected chi connectivity index (χ1v) is 7.08. The van der Waals surface area contributed by atoms with Crippen LogP contribution in [0.3, 0.4) is 0 Å². The lowest BCUT2D eigenvalue weighted by Gasteiger charge is -2.33. The normalized spacial score (nSPS) is 16.6. The number of hydrogen-bond acceptors (Lipinski definition) is 4. The number of H-pyrrole nitrogens is 1. The molecule has 1 fully saturated rings. The zero-order valence-corrected chi connectivity index (χ0v) is 12.5. The van der Waals surface area contributed by atoms with Gasteiger partial charge in [-0.25, -0.2) is 18.7 Å². The summed E-state index contributed by atoms with van der Waals surface area (Å²) in [5.74, 6) is -1.69. The molecule has 5 nitrogen and oxygen atoms in total. The van der Waals surface area contributed by atoms with Crippen molar-refractivity contribution in [3.63, 3.8) is 0 Å². The summed E-state index contributed by atoms with van der Waals surface area (Å²) in [6.45, 7) is 4.00. The molecule has 114 valence electrons. The second kappa shape index (κ2) is 6.34. The summed E-state index contributed by atoms with van der Waals surface area (Å²) in [7, 11) is 0. The molecule has 0 aromatic carbocycles. The molecule has 2 aromatic rings. The summed E-state index contributed by atoms with van der Waals surface area (Å²) in [4.78, 5) is 7.71. The van der Waals surface area contributed by atoms with Gasteiger partial charge in [0.05, 0.1) is 0 Å². The van der Waals surface area contributed by atoms with Gasteiger partial charge in [0, 0.05) is 36.7 Å². The number of aromatic amines is 1. The maximum Gasteiger partial charge on any atom is 0.249 e. The largest absolute Gasteiger partial charge is 0.323 e. The highest BCUT2D eigenvalue weighted by Crippen LogP contribution is 2.47. The Morgan fingerprint density at radius 3 is 2.67 bits per heavy atom. The third-order valence-electron chi connectivity index (χ3n) is 3.01. The highest BCUT2D eigenvalue weighted by molar-refractivity contribution is 6.28. The Morgan fingerprint density at radius 2 is 2.05 bits per heavy atom. The molecule has 0 amide bonds. The summed E-state index contributed by atoms with van der Waals surface area (Å²) in [5, 5.41) is 9.81. The summed E-state index contributed by atoms with van der Waals surface area (Å²) in [6.07, 6.45) is 1.25. The van der Waals surface area contributed by atoms with Crippen LogP contribution in [0.4, 0.5) is 20.4 Å². The van der Waals surface area contributed by atoms with Gasteiger partial charge in [-0.2, -0.15) is 5.10 Å². The van der Waals surface area contributed by atoms with Crippen molar-refractivity contribution in [1.29, 1.82) is 0 Å². The van der Waals surface area contributed by atoms with Gasteiger partial charge in [0.25, 0.3) is 0 Å². The molecule has 0 bridgehead atoms. The molecule has 1 aliphatic rings. The Hall–Kier alpha value is -1.76. The van der Waals surface area contributed by atoms with Crippen LogP contribution in [0.5, 0.6) is 0 Å². The van der Waals surface area contributed by atoms with Gasteiger partial charge in [0.15, 0.2) is 5.82 Å². The van der Waals surface area contributed by atoms with Crippen molar-refractivity contribution in [3.8, 4) is 0 Å². The second-order valence-electron chi connectivity index (χ2n) is 4.51. The maximum atomic E-state index is 12.8. The van der Waals surface area contributed by atoms with Crippen molar-refractivity contribution in [3.05, 3.63) is 29.3 Å². The van der Waals surface area contributed by atoms with Crippen molar-refractivity contribution in [2.24, 2.45) is 0 Å². The van der Waals surface area contributed by atoms with Crippen molar-refractivity contribution in [1.82, 2.24) is 20.2 Å². The Morgan fingerprint density at radius 1 is 1.33 bits per heavy atom. The van der Waals surface area contributed by atoms with E-state index in [-0.39, 0.29) is 24.0 Å². The van der Waals surface area contributed by atoms with Crippen LogP contribution in [-0.4, -0.2) is 26.1 Å². The Bertz CT molecular complexity index is 594. The molecule has 1 aliphatic carbocycles. The monoisotopic (exact) mass is 315 g/mol. The van der Waals surface area contributed by atoms with Crippen molar-refractivity contribution in [2.45, 2.75) is 38.5 Å². The van der Waals surface area contributed by atoms with Gasteiger partial charge in [-0.15, -0.1) is 0 Å². The first kappa shape index (κ1) is 15.6. The SMILES string of the molecule is CC.FC1(F)CC(c2cc(Nc3ccnc(Cl)n3)n[nH]2)C1. The minimum absolute atomic E-state index is 0.124. The zero-order valence-electron chi connectivity index (χ0n) is 11.7. The van der Waals surface area contributed by atoms with E-state index in [4.69, 9.17) is 11.6 Å². The van der Waals surface area contributed by atoms with E-state index >= 15 is 0 Å². The third kappa shape index (κ3) is 3.87. The van der Waals surface area contributed by atoms with Crippen LogP contribution >= 0.6 is 11.6 Å². The molecule has 2 N–H and O–H groups in total. The molecule has 0 aliphatic heterocycles. The van der Waals surface area contributed by atoms with Gasteiger partial charge in [0.2, 0.25) is 11.2 Å². The van der Waals surface area contributed by atoms with Gasteiger partial charge in [-0.3, -0.25) is 5.10 Å². The molecular formula is C13H16ClF2N5. The molecule has 1 saturated carbocycles. The van der Waals surface area contributed by atoms with Crippen molar-refractivity contribution < 1.29 is 8.78 Å². The third-order valence-corrected chi connectivity index (χ3v) is 3.19. The predicted molar refractivity (Wildman–Crippen MR) is 77.2 cm³/mol. The molecule has 2 heterocycles. The van der Waals surface area contributed by atoms with Crippen LogP contribution in [0.15, 0.2) is 18.3 Å². The molecule has 8 heteroatoms. The van der Waals surface area contributed by atoms with Crippen LogP contribution in [-0.2, 0) is 0 Å². The van der Waals surface area contributed by atoms with Crippen LogP contribution in [0.25, 0.3) is 0 Å². The number of nitrogens with one attached hydrogen (secondary N) is 2. The van der Waals surface area contributed by atoms with Gasteiger partial charge >= 0.3 is 0 Å². The molecule has 21 heavy (non-hydrogen) atoms. The molecule has 0 radical (unpaired) electrons. The Kier molecular flexibility index (Phi) is 4.72. The van der Waals surface area contributed by atoms with E-state index < -0.39 is 5.92 Å². The van der Waals surface area contributed by atoms with Gasteiger partial charge in [-0.1, -0.05) is 13.8 Å². The fourth-order valence-electron chi connectivity index (χ4n) is 2.03. The molecule has 0 unspecified atom stereocenters. The number of hydrogen-bond donors (Lipinski definition) is 2. The van der Waals surface area contributed by atoms with Crippen LogP contribution in [0.1, 0.15) is 38.3 Å². The lowest BCUT2D eigenvalue weighted by atomic mass is 9.79. The fourth-order valence-corrected chi connectivity index (χ4v) is 2.17. The smallest absolute Gasteiger partial charge is 0.249 e. The molecule has 2 aromatic heterocycles. The molecule has 3 rings (SSSR count). The highest BCUT2D eigenvalue weighted by atomic mass is 35.5. The zero-order chi connectivity index (χ0) is 15.5. The minimum atomic E-state index is -2.54. The van der Waals surface area contributed by atoms with E-state index in [9.17, 15) is 8.78 Å². The van der Waals surface area contributed by atoms with Crippen LogP contribution in [0.2, 0.25) is 5.28 Å². The van der Waals surface area contributed by atoms with E-state index in [1.54, 1.807) is 12.1 Å². The summed E-state index contributed by atoms with van der Waals surface area (Å²) < 4.78 is 25.6. The number of rotatable bonds is 3. The summed E-state index contributed by atoms with van der Waals surface area (Å²) in [6, 6.07) is 3.34. The molecule has 0 spiro atoms. The lowest BCUT2D eigenvalue weighted by Crippen LogP contribution is -2.33. The highest BCUT2D eigenvalue weighted by Gasteiger charge is 2.46. The van der Waals surface area contributed by atoms with E-state index in [0.717, 1.165) is 0 Å².